The van der Waals surface area contributed by atoms with Crippen LogP contribution in [0.5, 0.6) is 0 Å². The van der Waals surface area contributed by atoms with Gasteiger partial charge in [-0.1, -0.05) is 304 Å². The van der Waals surface area contributed by atoms with Crippen LogP contribution in [0.2, 0.25) is 0 Å². The van der Waals surface area contributed by atoms with Crippen molar-refractivity contribution < 1.29 is 28.6 Å². The van der Waals surface area contributed by atoms with E-state index in [0.29, 0.717) is 19.3 Å². The van der Waals surface area contributed by atoms with Crippen LogP contribution in [-0.2, 0) is 28.6 Å². The molecule has 0 aromatic rings. The second-order valence-corrected chi connectivity index (χ2v) is 21.6. The quantitative estimate of drug-likeness (QED) is 0.0261. The van der Waals surface area contributed by atoms with Gasteiger partial charge in [0.15, 0.2) is 6.10 Å². The highest BCUT2D eigenvalue weighted by Gasteiger charge is 2.19. The summed E-state index contributed by atoms with van der Waals surface area (Å²) in [5, 5.41) is 0. The molecule has 0 saturated carbocycles. The first-order valence-corrected chi connectivity index (χ1v) is 32.7. The van der Waals surface area contributed by atoms with Crippen molar-refractivity contribution in [2.45, 2.75) is 322 Å². The average Bonchev–Trinajstić information content (AvgIpc) is 3.43. The van der Waals surface area contributed by atoms with Crippen molar-refractivity contribution in [3.05, 3.63) is 97.2 Å². The van der Waals surface area contributed by atoms with Gasteiger partial charge < -0.3 is 14.2 Å². The van der Waals surface area contributed by atoms with Gasteiger partial charge in [-0.25, -0.2) is 0 Å². The Morgan fingerprint density at radius 2 is 0.532 bits per heavy atom. The van der Waals surface area contributed by atoms with Gasteiger partial charge in [0, 0.05) is 19.3 Å². The Morgan fingerprint density at radius 1 is 0.273 bits per heavy atom. The first kappa shape index (κ1) is 73.3. The van der Waals surface area contributed by atoms with Gasteiger partial charge in [0.25, 0.3) is 0 Å². The monoisotopic (exact) mass is 1070 g/mol. The Kier molecular flexibility index (Phi) is 61.8. The summed E-state index contributed by atoms with van der Waals surface area (Å²) >= 11 is 0. The number of rotatable bonds is 59. The van der Waals surface area contributed by atoms with Crippen LogP contribution >= 0.6 is 0 Å². The van der Waals surface area contributed by atoms with E-state index in [1.165, 1.54) is 186 Å². The molecule has 0 bridgehead atoms. The average molecular weight is 1070 g/mol. The fraction of sp³-hybridized carbons (Fsp3) is 0.732. The summed E-state index contributed by atoms with van der Waals surface area (Å²) in [5.41, 5.74) is 0. The standard InChI is InChI=1S/C71H122O6/c1-4-7-10-13-16-19-22-25-28-31-33-34-35-36-38-40-43-46-49-52-55-58-61-64-70(73)76-67-68(66-75-69(72)63-60-57-54-51-48-45-42-39-30-27-24-21-18-15-12-9-6-3)77-71(74)65-62-59-56-53-50-47-44-41-37-32-29-26-23-20-17-14-11-8-5-2/h8,11,17,20,22,25-26,29,31,33,37,41,47,50,56,59,68H,4-7,9-10,12-16,18-19,21,23-24,27-28,30,32,34-36,38-40,42-46,48-49,51-55,57-58,60-67H2,1-3H3/b11-8-,20-17-,25-22-,29-26-,33-31-,41-37-,50-47-,59-56-. The molecule has 0 radical (unpaired) electrons. The molecule has 6 heteroatoms. The molecule has 0 fully saturated rings. The number of hydrogen-bond acceptors (Lipinski definition) is 6. The summed E-state index contributed by atoms with van der Waals surface area (Å²) in [6.07, 6.45) is 87.1. The first-order valence-electron chi connectivity index (χ1n) is 32.7. The van der Waals surface area contributed by atoms with Crippen molar-refractivity contribution >= 4 is 17.9 Å². The molecular weight excluding hydrogens is 949 g/mol. The molecule has 0 N–H and O–H groups in total. The number of ether oxygens (including phenoxy) is 3. The molecule has 1 unspecified atom stereocenters. The molecule has 0 aliphatic rings. The molecular formula is C71H122O6. The maximum Gasteiger partial charge on any atom is 0.306 e. The van der Waals surface area contributed by atoms with E-state index in [0.717, 1.165) is 83.5 Å². The van der Waals surface area contributed by atoms with Crippen LogP contribution in [0.3, 0.4) is 0 Å². The van der Waals surface area contributed by atoms with Gasteiger partial charge in [-0.05, 0) is 89.9 Å². The van der Waals surface area contributed by atoms with E-state index in [-0.39, 0.29) is 37.5 Å². The minimum atomic E-state index is -0.819. The van der Waals surface area contributed by atoms with Crippen molar-refractivity contribution in [1.29, 1.82) is 0 Å². The van der Waals surface area contributed by atoms with Crippen LogP contribution in [-0.4, -0.2) is 37.2 Å². The lowest BCUT2D eigenvalue weighted by atomic mass is 10.0. The highest BCUT2D eigenvalue weighted by atomic mass is 16.6. The van der Waals surface area contributed by atoms with Gasteiger partial charge in [-0.3, -0.25) is 14.4 Å². The van der Waals surface area contributed by atoms with Crippen molar-refractivity contribution in [2.24, 2.45) is 0 Å². The molecule has 0 spiro atoms. The molecule has 0 aromatic heterocycles. The van der Waals surface area contributed by atoms with Crippen LogP contribution in [0.1, 0.15) is 316 Å². The number of allylic oxidation sites excluding steroid dienone is 16. The Balaban J connectivity index is 4.44. The van der Waals surface area contributed by atoms with E-state index in [9.17, 15) is 14.4 Å². The molecule has 0 saturated heterocycles. The van der Waals surface area contributed by atoms with Crippen molar-refractivity contribution in [1.82, 2.24) is 0 Å². The Bertz CT molecular complexity index is 1510. The fourth-order valence-electron chi connectivity index (χ4n) is 9.21. The van der Waals surface area contributed by atoms with E-state index in [1.54, 1.807) is 0 Å². The molecule has 6 nitrogen and oxygen atoms in total. The first-order chi connectivity index (χ1) is 38.0. The Labute approximate surface area is 477 Å². The molecule has 442 valence electrons. The van der Waals surface area contributed by atoms with E-state index < -0.39 is 6.10 Å². The van der Waals surface area contributed by atoms with E-state index in [2.05, 4.69) is 112 Å². The summed E-state index contributed by atoms with van der Waals surface area (Å²) in [5.74, 6) is -0.980. The van der Waals surface area contributed by atoms with Gasteiger partial charge in [-0.2, -0.15) is 0 Å². The molecule has 0 heterocycles. The fourth-order valence-corrected chi connectivity index (χ4v) is 9.21. The molecule has 0 aromatic carbocycles. The number of unbranched alkanes of at least 4 members (excludes halogenated alkanes) is 32. The maximum absolute atomic E-state index is 12.9. The minimum absolute atomic E-state index is 0.106. The molecule has 0 aliphatic heterocycles. The van der Waals surface area contributed by atoms with Gasteiger partial charge in [-0.15, -0.1) is 0 Å². The van der Waals surface area contributed by atoms with Gasteiger partial charge in [0.2, 0.25) is 0 Å². The van der Waals surface area contributed by atoms with Crippen molar-refractivity contribution in [3.63, 3.8) is 0 Å². The molecule has 1 atom stereocenters. The lowest BCUT2D eigenvalue weighted by Gasteiger charge is -2.18. The summed E-state index contributed by atoms with van der Waals surface area (Å²) in [6.45, 7) is 6.49. The maximum atomic E-state index is 12.9. The van der Waals surface area contributed by atoms with Crippen LogP contribution in [0.4, 0.5) is 0 Å². The lowest BCUT2D eigenvalue weighted by Crippen LogP contribution is -2.30. The van der Waals surface area contributed by atoms with E-state index in [4.69, 9.17) is 14.2 Å². The Hall–Kier alpha value is -3.67. The zero-order chi connectivity index (χ0) is 55.7. The third kappa shape index (κ3) is 63.0. The normalized spacial score (nSPS) is 12.7. The second-order valence-electron chi connectivity index (χ2n) is 21.6. The molecule has 0 amide bonds. The number of carbonyl (C=O) groups is 3. The third-order valence-corrected chi connectivity index (χ3v) is 14.1. The Morgan fingerprint density at radius 3 is 0.844 bits per heavy atom. The largest absolute Gasteiger partial charge is 0.462 e. The predicted octanol–water partition coefficient (Wildman–Crippen LogP) is 22.4. The molecule has 77 heavy (non-hydrogen) atoms. The molecule has 0 rings (SSSR count). The third-order valence-electron chi connectivity index (χ3n) is 14.1. The zero-order valence-corrected chi connectivity index (χ0v) is 50.7. The van der Waals surface area contributed by atoms with Crippen LogP contribution in [0.25, 0.3) is 0 Å². The summed E-state index contributed by atoms with van der Waals surface area (Å²) in [6, 6.07) is 0. The van der Waals surface area contributed by atoms with Crippen molar-refractivity contribution in [3.8, 4) is 0 Å². The topological polar surface area (TPSA) is 78.9 Å². The summed E-state index contributed by atoms with van der Waals surface area (Å²) in [7, 11) is 0. The number of hydrogen-bond donors (Lipinski definition) is 0. The number of esters is 3. The predicted molar refractivity (Wildman–Crippen MR) is 334 cm³/mol. The number of carbonyl (C=O) groups excluding carboxylic acids is 3. The summed E-state index contributed by atoms with van der Waals surface area (Å²) < 4.78 is 16.9. The van der Waals surface area contributed by atoms with Gasteiger partial charge in [0.1, 0.15) is 13.2 Å². The van der Waals surface area contributed by atoms with Crippen molar-refractivity contribution in [2.75, 3.05) is 13.2 Å². The minimum Gasteiger partial charge on any atom is -0.462 e. The van der Waals surface area contributed by atoms with Crippen LogP contribution in [0, 0.1) is 0 Å². The van der Waals surface area contributed by atoms with E-state index >= 15 is 0 Å². The van der Waals surface area contributed by atoms with Crippen LogP contribution < -0.4 is 0 Å². The zero-order valence-electron chi connectivity index (χ0n) is 50.7. The SMILES string of the molecule is CC/C=C\C/C=C\C/C=C\C/C=C\C/C=C\C/C=C\CCC(=O)OC(COC(=O)CCCCCCCCCCCCC/C=C\C/C=C\CCCCCCC)COC(=O)CCCCCCCCCCCCCCCCCCC. The lowest BCUT2D eigenvalue weighted by molar-refractivity contribution is -0.166. The van der Waals surface area contributed by atoms with E-state index in [1.807, 2.05) is 6.08 Å². The van der Waals surface area contributed by atoms with Crippen LogP contribution in [0.15, 0.2) is 97.2 Å². The van der Waals surface area contributed by atoms with Gasteiger partial charge >= 0.3 is 17.9 Å². The second kappa shape index (κ2) is 64.9. The highest BCUT2D eigenvalue weighted by Crippen LogP contribution is 2.17. The smallest absolute Gasteiger partial charge is 0.306 e. The van der Waals surface area contributed by atoms with Gasteiger partial charge in [0.05, 0.1) is 0 Å². The summed E-state index contributed by atoms with van der Waals surface area (Å²) in [4.78, 5) is 38.3. The molecule has 0 aliphatic carbocycles. The highest BCUT2D eigenvalue weighted by molar-refractivity contribution is 5.71.